The maximum Gasteiger partial charge on any atom is 0.166 e. The quantitative estimate of drug-likeness (QED) is 0.275. The first kappa shape index (κ1) is 24.9. The van der Waals surface area contributed by atoms with Crippen LogP contribution in [-0.2, 0) is 0 Å². The summed E-state index contributed by atoms with van der Waals surface area (Å²) in [7, 11) is 1.68. The fraction of sp³-hybridized carbons (Fsp3) is 0.444. The molecule has 33 heavy (non-hydrogen) atoms. The van der Waals surface area contributed by atoms with E-state index in [0.717, 1.165) is 54.9 Å². The zero-order valence-corrected chi connectivity index (χ0v) is 20.3. The van der Waals surface area contributed by atoms with Crippen LogP contribution in [0.5, 0.6) is 11.5 Å². The Kier molecular flexibility index (Phi) is 10.3. The molecule has 0 amide bonds. The molecular weight excluding hydrogens is 430 g/mol. The summed E-state index contributed by atoms with van der Waals surface area (Å²) in [4.78, 5) is 0. The second-order valence-corrected chi connectivity index (χ2v) is 8.66. The highest BCUT2D eigenvalue weighted by Crippen LogP contribution is 2.34. The van der Waals surface area contributed by atoms with E-state index in [1.165, 1.54) is 12.8 Å². The van der Waals surface area contributed by atoms with Gasteiger partial charge in [0.1, 0.15) is 0 Å². The summed E-state index contributed by atoms with van der Waals surface area (Å²) in [5, 5.41) is 7.21. The number of unbranched alkanes of at least 4 members (excludes halogenated alkanes) is 1. The van der Waals surface area contributed by atoms with E-state index in [1.807, 2.05) is 36.4 Å². The second kappa shape index (κ2) is 13.7. The van der Waals surface area contributed by atoms with Crippen molar-refractivity contribution >= 4 is 17.3 Å². The molecule has 0 aliphatic heterocycles. The number of ether oxygens (including phenoxy) is 2. The average molecular weight is 466 g/mol. The topological polar surface area (TPSA) is 68.5 Å². The Morgan fingerprint density at radius 1 is 1.09 bits per heavy atom. The second-order valence-electron chi connectivity index (χ2n) is 8.26. The fourth-order valence-corrected chi connectivity index (χ4v) is 4.05. The molecule has 0 radical (unpaired) electrons. The highest BCUT2D eigenvalue weighted by Gasteiger charge is 2.20. The summed E-state index contributed by atoms with van der Waals surface area (Å²) in [6.07, 6.45) is 6.86. The van der Waals surface area contributed by atoms with E-state index in [9.17, 15) is 0 Å². The maximum absolute atomic E-state index is 6.31. The van der Waals surface area contributed by atoms with Gasteiger partial charge >= 0.3 is 0 Å². The van der Waals surface area contributed by atoms with Gasteiger partial charge in [-0.1, -0.05) is 36.1 Å². The Hall–Kier alpha value is -2.75. The molecule has 0 saturated heterocycles. The van der Waals surface area contributed by atoms with Gasteiger partial charge in [-0.25, -0.2) is 0 Å². The molecule has 1 unspecified atom stereocenters. The van der Waals surface area contributed by atoms with E-state index < -0.39 is 0 Å². The molecule has 4 N–H and O–H groups in total. The van der Waals surface area contributed by atoms with Gasteiger partial charge in [0.25, 0.3) is 0 Å². The number of hydrogen-bond donors (Lipinski definition) is 3. The number of methoxy groups -OCH3 is 1. The van der Waals surface area contributed by atoms with Crippen molar-refractivity contribution in [2.24, 2.45) is 5.73 Å². The van der Waals surface area contributed by atoms with Crippen LogP contribution in [0, 0.1) is 11.8 Å². The lowest BCUT2D eigenvalue weighted by molar-refractivity contribution is 0.200. The lowest BCUT2D eigenvalue weighted by Crippen LogP contribution is -2.38. The number of rotatable bonds is 10. The molecular formula is C27H35N3O2S. The van der Waals surface area contributed by atoms with Crippen LogP contribution in [-0.4, -0.2) is 38.0 Å². The minimum absolute atomic E-state index is 0.0640. The van der Waals surface area contributed by atoms with Gasteiger partial charge in [0.15, 0.2) is 16.6 Å². The zero-order valence-electron chi connectivity index (χ0n) is 19.4. The van der Waals surface area contributed by atoms with Crippen molar-refractivity contribution in [2.75, 3.05) is 26.7 Å². The summed E-state index contributed by atoms with van der Waals surface area (Å²) in [6.45, 7) is 2.10. The van der Waals surface area contributed by atoms with E-state index in [0.29, 0.717) is 18.2 Å². The van der Waals surface area contributed by atoms with Crippen LogP contribution in [0.2, 0.25) is 0 Å². The van der Waals surface area contributed by atoms with Gasteiger partial charge in [-0.15, -0.1) is 0 Å². The van der Waals surface area contributed by atoms with Gasteiger partial charge in [-0.2, -0.15) is 0 Å². The molecule has 6 heteroatoms. The minimum atomic E-state index is -0.0640. The summed E-state index contributed by atoms with van der Waals surface area (Å²) >= 11 is 5.46. The van der Waals surface area contributed by atoms with E-state index in [1.54, 1.807) is 7.11 Å². The fourth-order valence-electron chi connectivity index (χ4n) is 3.86. The molecule has 1 saturated carbocycles. The first-order chi connectivity index (χ1) is 16.2. The Labute approximate surface area is 203 Å². The third-order valence-electron chi connectivity index (χ3n) is 5.73. The van der Waals surface area contributed by atoms with Crippen molar-refractivity contribution in [1.82, 2.24) is 10.6 Å². The van der Waals surface area contributed by atoms with Crippen molar-refractivity contribution < 1.29 is 9.47 Å². The number of thiocarbonyl (C=S) groups is 1. The van der Waals surface area contributed by atoms with Crippen LogP contribution >= 0.6 is 12.2 Å². The average Bonchev–Trinajstić information content (AvgIpc) is 3.36. The highest BCUT2D eigenvalue weighted by atomic mass is 32.1. The standard InChI is InChI=1S/C27H35N3O2S/c1-31-25-16-15-22(19-26(25)32-24-11-5-6-12-24)23(14-13-21-9-3-2-4-10-21)20-30-27(33)29-18-8-7-17-28/h2-4,9-10,15-16,19,23-24H,5-8,11-12,17-18,20,28H2,1H3,(H2,29,30,33). The molecule has 0 aromatic heterocycles. The van der Waals surface area contributed by atoms with Crippen LogP contribution in [0.4, 0.5) is 0 Å². The van der Waals surface area contributed by atoms with Gasteiger partial charge in [-0.3, -0.25) is 0 Å². The molecule has 0 spiro atoms. The van der Waals surface area contributed by atoms with Gasteiger partial charge in [0.2, 0.25) is 0 Å². The van der Waals surface area contributed by atoms with E-state index in [2.05, 4.69) is 34.6 Å². The smallest absolute Gasteiger partial charge is 0.166 e. The molecule has 1 fully saturated rings. The molecule has 2 aromatic rings. The largest absolute Gasteiger partial charge is 0.493 e. The van der Waals surface area contributed by atoms with E-state index in [-0.39, 0.29) is 12.0 Å². The molecule has 2 aromatic carbocycles. The predicted molar refractivity (Wildman–Crippen MR) is 139 cm³/mol. The molecule has 1 atom stereocenters. The van der Waals surface area contributed by atoms with E-state index in [4.69, 9.17) is 27.4 Å². The molecule has 1 aliphatic rings. The summed E-state index contributed by atoms with van der Waals surface area (Å²) in [6, 6.07) is 16.1. The van der Waals surface area contributed by atoms with Crippen LogP contribution < -0.4 is 25.8 Å². The van der Waals surface area contributed by atoms with Crippen LogP contribution in [0.1, 0.15) is 55.6 Å². The normalized spacial score (nSPS) is 14.1. The third kappa shape index (κ3) is 8.27. The van der Waals surface area contributed by atoms with Gasteiger partial charge in [0, 0.05) is 18.7 Å². The van der Waals surface area contributed by atoms with Crippen molar-refractivity contribution in [1.29, 1.82) is 0 Å². The summed E-state index contributed by atoms with van der Waals surface area (Å²) in [5.74, 6) is 8.22. The lowest BCUT2D eigenvalue weighted by Gasteiger charge is -2.19. The van der Waals surface area contributed by atoms with Crippen LogP contribution in [0.3, 0.4) is 0 Å². The van der Waals surface area contributed by atoms with Gasteiger partial charge in [-0.05, 0) is 87.1 Å². The highest BCUT2D eigenvalue weighted by molar-refractivity contribution is 7.80. The van der Waals surface area contributed by atoms with E-state index >= 15 is 0 Å². The molecule has 5 nitrogen and oxygen atoms in total. The molecule has 0 bridgehead atoms. The van der Waals surface area contributed by atoms with Crippen molar-refractivity contribution in [3.8, 4) is 23.3 Å². The lowest BCUT2D eigenvalue weighted by atomic mass is 9.98. The maximum atomic E-state index is 6.31. The first-order valence-corrected chi connectivity index (χ1v) is 12.2. The van der Waals surface area contributed by atoms with Crippen LogP contribution in [0.25, 0.3) is 0 Å². The number of nitrogens with two attached hydrogens (primary N) is 1. The first-order valence-electron chi connectivity index (χ1n) is 11.8. The minimum Gasteiger partial charge on any atom is -0.493 e. The van der Waals surface area contributed by atoms with Crippen molar-refractivity contribution in [2.45, 2.75) is 50.5 Å². The molecule has 3 rings (SSSR count). The number of hydrogen-bond acceptors (Lipinski definition) is 4. The Bertz CT molecular complexity index is 933. The Morgan fingerprint density at radius 3 is 2.61 bits per heavy atom. The Balaban J connectivity index is 1.76. The predicted octanol–water partition coefficient (Wildman–Crippen LogP) is 4.35. The van der Waals surface area contributed by atoms with Gasteiger partial charge in [0.05, 0.1) is 19.1 Å². The third-order valence-corrected chi connectivity index (χ3v) is 6.02. The van der Waals surface area contributed by atoms with Crippen molar-refractivity contribution in [3.05, 3.63) is 59.7 Å². The number of benzene rings is 2. The summed E-state index contributed by atoms with van der Waals surface area (Å²) in [5.41, 5.74) is 7.62. The zero-order chi connectivity index (χ0) is 23.3. The SMILES string of the molecule is COc1ccc(C(C#Cc2ccccc2)CNC(=S)NCCCCN)cc1OC1CCCC1. The Morgan fingerprint density at radius 2 is 1.88 bits per heavy atom. The van der Waals surface area contributed by atoms with Crippen LogP contribution in [0.15, 0.2) is 48.5 Å². The molecule has 0 heterocycles. The van der Waals surface area contributed by atoms with Crippen molar-refractivity contribution in [3.63, 3.8) is 0 Å². The van der Waals surface area contributed by atoms with Gasteiger partial charge < -0.3 is 25.8 Å². The molecule has 1 aliphatic carbocycles. The molecule has 176 valence electrons. The summed E-state index contributed by atoms with van der Waals surface area (Å²) < 4.78 is 11.9. The monoisotopic (exact) mass is 465 g/mol. The number of nitrogens with one attached hydrogen (secondary N) is 2.